The van der Waals surface area contributed by atoms with E-state index in [0.717, 1.165) is 13.1 Å². The second-order valence-electron chi connectivity index (χ2n) is 5.87. The fourth-order valence-corrected chi connectivity index (χ4v) is 2.68. The lowest BCUT2D eigenvalue weighted by molar-refractivity contribution is 0.365. The van der Waals surface area contributed by atoms with Gasteiger partial charge in [0.05, 0.1) is 0 Å². The van der Waals surface area contributed by atoms with E-state index >= 15 is 0 Å². The maximum Gasteiger partial charge on any atom is 0.0499 e. The Bertz CT molecular complexity index is 766. The molecule has 0 fully saturated rings. The smallest absolute Gasteiger partial charge is 0.0499 e. The summed E-state index contributed by atoms with van der Waals surface area (Å²) in [4.78, 5) is 5.66. The highest BCUT2D eigenvalue weighted by Crippen LogP contribution is 2.18. The van der Waals surface area contributed by atoms with E-state index in [1.54, 1.807) is 0 Å². The Labute approximate surface area is 132 Å². The zero-order valence-electron chi connectivity index (χ0n) is 13.2. The van der Waals surface area contributed by atoms with E-state index in [2.05, 4.69) is 84.5 Å². The van der Waals surface area contributed by atoms with Gasteiger partial charge in [-0.15, -0.1) is 0 Å². The van der Waals surface area contributed by atoms with Crippen molar-refractivity contribution in [3.8, 4) is 0 Å². The normalized spacial score (nSPS) is 11.8. The van der Waals surface area contributed by atoms with Crippen molar-refractivity contribution in [3.05, 3.63) is 77.5 Å². The molecule has 3 rings (SSSR count). The first-order chi connectivity index (χ1) is 10.7. The largest absolute Gasteiger partial charge is 0.361 e. The first-order valence-electron chi connectivity index (χ1n) is 7.69. The van der Waals surface area contributed by atoms with Gasteiger partial charge in [-0.2, -0.15) is 0 Å². The molecule has 0 aliphatic carbocycles. The molecule has 0 bridgehead atoms. The van der Waals surface area contributed by atoms with Crippen LogP contribution >= 0.6 is 0 Å². The number of nitrogens with zero attached hydrogens (tertiary/aromatic N) is 1. The molecule has 0 aliphatic heterocycles. The van der Waals surface area contributed by atoms with Gasteiger partial charge < -0.3 is 4.98 Å². The van der Waals surface area contributed by atoms with Gasteiger partial charge in [-0.3, -0.25) is 4.90 Å². The zero-order valence-corrected chi connectivity index (χ0v) is 13.2. The van der Waals surface area contributed by atoms with Gasteiger partial charge in [-0.1, -0.05) is 60.2 Å². The van der Waals surface area contributed by atoms with Crippen LogP contribution in [0.1, 0.15) is 16.7 Å². The van der Waals surface area contributed by atoms with Crippen molar-refractivity contribution in [1.29, 1.82) is 0 Å². The average molecular weight is 290 g/mol. The van der Waals surface area contributed by atoms with E-state index in [0.29, 0.717) is 0 Å². The third-order valence-corrected chi connectivity index (χ3v) is 3.92. The number of benzene rings is 2. The molecule has 3 aromatic rings. The highest BCUT2D eigenvalue weighted by Gasteiger charge is 2.04. The Morgan fingerprint density at radius 2 is 1.86 bits per heavy atom. The molecule has 1 aromatic heterocycles. The fourth-order valence-electron chi connectivity index (χ4n) is 2.68. The molecule has 0 saturated carbocycles. The third-order valence-electron chi connectivity index (χ3n) is 3.92. The van der Waals surface area contributed by atoms with Crippen LogP contribution in [0.4, 0.5) is 0 Å². The standard InChI is InChI=1S/C20H22N2/c1-16-8-10-17(11-9-16)5-4-14-22(2)15-19-7-3-6-18-12-13-21-20(18)19/h3-13,21H,14-15H2,1-2H3. The van der Waals surface area contributed by atoms with E-state index in [9.17, 15) is 0 Å². The van der Waals surface area contributed by atoms with E-state index in [1.807, 2.05) is 6.20 Å². The molecule has 112 valence electrons. The Morgan fingerprint density at radius 3 is 2.68 bits per heavy atom. The van der Waals surface area contributed by atoms with Crippen molar-refractivity contribution >= 4 is 17.0 Å². The van der Waals surface area contributed by atoms with Gasteiger partial charge in [0, 0.05) is 24.8 Å². The lowest BCUT2D eigenvalue weighted by Crippen LogP contribution is -2.17. The summed E-state index contributed by atoms with van der Waals surface area (Å²) in [6.07, 6.45) is 6.41. The number of para-hydroxylation sites is 1. The van der Waals surface area contributed by atoms with Gasteiger partial charge in [-0.25, -0.2) is 0 Å². The minimum atomic E-state index is 0.935. The first kappa shape index (κ1) is 14.6. The maximum absolute atomic E-state index is 3.34. The van der Waals surface area contributed by atoms with Crippen LogP contribution in [0.2, 0.25) is 0 Å². The third kappa shape index (κ3) is 3.46. The van der Waals surface area contributed by atoms with Crippen molar-refractivity contribution in [2.45, 2.75) is 13.5 Å². The molecule has 0 radical (unpaired) electrons. The summed E-state index contributed by atoms with van der Waals surface area (Å²) in [7, 11) is 2.15. The first-order valence-corrected chi connectivity index (χ1v) is 7.69. The molecular weight excluding hydrogens is 268 g/mol. The van der Waals surface area contributed by atoms with Crippen LogP contribution in [0, 0.1) is 6.92 Å². The van der Waals surface area contributed by atoms with E-state index in [1.165, 1.54) is 27.6 Å². The van der Waals surface area contributed by atoms with Crippen LogP contribution in [0.25, 0.3) is 17.0 Å². The van der Waals surface area contributed by atoms with Crippen molar-refractivity contribution < 1.29 is 0 Å². The Kier molecular flexibility index (Phi) is 4.40. The zero-order chi connectivity index (χ0) is 15.4. The number of fused-ring (bicyclic) bond motifs is 1. The number of aromatic amines is 1. The van der Waals surface area contributed by atoms with Gasteiger partial charge in [0.25, 0.3) is 0 Å². The Hall–Kier alpha value is -2.32. The highest BCUT2D eigenvalue weighted by molar-refractivity contribution is 5.82. The Balaban J connectivity index is 1.61. The van der Waals surface area contributed by atoms with Crippen molar-refractivity contribution in [1.82, 2.24) is 9.88 Å². The highest BCUT2D eigenvalue weighted by atomic mass is 15.1. The van der Waals surface area contributed by atoms with Crippen LogP contribution in [-0.2, 0) is 6.54 Å². The monoisotopic (exact) mass is 290 g/mol. The molecule has 0 spiro atoms. The predicted octanol–water partition coefficient (Wildman–Crippen LogP) is 4.62. The predicted molar refractivity (Wildman–Crippen MR) is 94.8 cm³/mol. The molecule has 1 heterocycles. The number of aromatic nitrogens is 1. The van der Waals surface area contributed by atoms with Gasteiger partial charge in [0.2, 0.25) is 0 Å². The number of H-pyrrole nitrogens is 1. The molecule has 0 atom stereocenters. The quantitative estimate of drug-likeness (QED) is 0.726. The molecule has 0 aliphatic rings. The van der Waals surface area contributed by atoms with Crippen LogP contribution in [0.5, 0.6) is 0 Å². The maximum atomic E-state index is 3.34. The van der Waals surface area contributed by atoms with Gasteiger partial charge in [0.1, 0.15) is 0 Å². The summed E-state index contributed by atoms with van der Waals surface area (Å²) in [6.45, 7) is 3.99. The number of hydrogen-bond donors (Lipinski definition) is 1. The Morgan fingerprint density at radius 1 is 1.05 bits per heavy atom. The van der Waals surface area contributed by atoms with E-state index < -0.39 is 0 Å². The minimum absolute atomic E-state index is 0.935. The van der Waals surface area contributed by atoms with Crippen molar-refractivity contribution in [2.24, 2.45) is 0 Å². The van der Waals surface area contributed by atoms with Gasteiger partial charge in [-0.05, 0) is 36.6 Å². The van der Waals surface area contributed by atoms with Crippen molar-refractivity contribution in [2.75, 3.05) is 13.6 Å². The van der Waals surface area contributed by atoms with Crippen LogP contribution in [-0.4, -0.2) is 23.5 Å². The topological polar surface area (TPSA) is 19.0 Å². The van der Waals surface area contributed by atoms with E-state index in [4.69, 9.17) is 0 Å². The molecule has 1 N–H and O–H groups in total. The average Bonchev–Trinajstić information content (AvgIpc) is 2.99. The molecule has 0 unspecified atom stereocenters. The number of hydrogen-bond acceptors (Lipinski definition) is 1. The summed E-state index contributed by atoms with van der Waals surface area (Å²) < 4.78 is 0. The minimum Gasteiger partial charge on any atom is -0.361 e. The molecular formula is C20H22N2. The fraction of sp³-hybridized carbons (Fsp3) is 0.200. The van der Waals surface area contributed by atoms with Gasteiger partial charge in [0.15, 0.2) is 0 Å². The number of rotatable bonds is 5. The lowest BCUT2D eigenvalue weighted by Gasteiger charge is -2.15. The van der Waals surface area contributed by atoms with Gasteiger partial charge >= 0.3 is 0 Å². The number of nitrogens with one attached hydrogen (secondary N) is 1. The van der Waals surface area contributed by atoms with Crippen molar-refractivity contribution in [3.63, 3.8) is 0 Å². The lowest BCUT2D eigenvalue weighted by atomic mass is 10.1. The molecule has 2 aromatic carbocycles. The number of likely N-dealkylation sites (N-methyl/N-ethyl adjacent to an activating group) is 1. The second kappa shape index (κ2) is 6.63. The SMILES string of the molecule is Cc1ccc(C=CCN(C)Cc2cccc3cc[nH]c23)cc1. The summed E-state index contributed by atoms with van der Waals surface area (Å²) in [5.41, 5.74) is 5.14. The summed E-state index contributed by atoms with van der Waals surface area (Å²) in [5, 5.41) is 1.28. The van der Waals surface area contributed by atoms with Crippen LogP contribution in [0.3, 0.4) is 0 Å². The molecule has 2 nitrogen and oxygen atoms in total. The number of aryl methyl sites for hydroxylation is 1. The molecule has 2 heteroatoms. The van der Waals surface area contributed by atoms with E-state index in [-0.39, 0.29) is 0 Å². The van der Waals surface area contributed by atoms with Crippen LogP contribution in [0.15, 0.2) is 60.8 Å². The summed E-state index contributed by atoms with van der Waals surface area (Å²) >= 11 is 0. The second-order valence-corrected chi connectivity index (χ2v) is 5.87. The molecule has 0 amide bonds. The summed E-state index contributed by atoms with van der Waals surface area (Å²) in [5.74, 6) is 0. The van der Waals surface area contributed by atoms with Crippen LogP contribution < -0.4 is 0 Å². The molecule has 22 heavy (non-hydrogen) atoms. The summed E-state index contributed by atoms with van der Waals surface area (Å²) in [6, 6.07) is 17.2. The molecule has 0 saturated heterocycles.